The van der Waals surface area contributed by atoms with Gasteiger partial charge < -0.3 is 14.9 Å². The second-order valence-corrected chi connectivity index (χ2v) is 7.47. The molecule has 2 heterocycles. The van der Waals surface area contributed by atoms with Gasteiger partial charge in [-0.1, -0.05) is 5.16 Å². The van der Waals surface area contributed by atoms with Gasteiger partial charge in [-0.05, 0) is 48.9 Å². The molecular formula is C18H17N3O4S. The van der Waals surface area contributed by atoms with Crippen molar-refractivity contribution < 1.29 is 19.2 Å². The third kappa shape index (κ3) is 3.75. The average Bonchev–Trinajstić information content (AvgIpc) is 3.19. The van der Waals surface area contributed by atoms with Crippen LogP contribution in [0.2, 0.25) is 0 Å². The summed E-state index contributed by atoms with van der Waals surface area (Å²) in [4.78, 5) is 27.8. The molecule has 0 saturated heterocycles. The van der Waals surface area contributed by atoms with Crippen LogP contribution in [0.1, 0.15) is 53.0 Å². The molecule has 2 N–H and O–H groups in total. The van der Waals surface area contributed by atoms with E-state index in [4.69, 9.17) is 9.63 Å². The van der Waals surface area contributed by atoms with Gasteiger partial charge in [0.05, 0.1) is 0 Å². The largest absolute Gasteiger partial charge is 0.477 e. The maximum absolute atomic E-state index is 12.1. The highest BCUT2D eigenvalue weighted by molar-refractivity contribution is 7.20. The standard InChI is InChI=1S/C18H17N3O4S/c22-15(2-1-3-16-20-17(21-25-16)10-4-5-10)19-12-6-7-13-11(8-12)9-14(26-13)18(23)24/h6-10H,1-5H2,(H,19,22)(H,23,24). The Morgan fingerprint density at radius 3 is 2.92 bits per heavy atom. The minimum Gasteiger partial charge on any atom is -0.477 e. The Labute approximate surface area is 153 Å². The lowest BCUT2D eigenvalue weighted by molar-refractivity contribution is -0.116. The molecule has 0 bridgehead atoms. The molecule has 0 atom stereocenters. The van der Waals surface area contributed by atoms with Gasteiger partial charge in [-0.15, -0.1) is 11.3 Å². The molecule has 8 heteroatoms. The number of hydrogen-bond acceptors (Lipinski definition) is 6. The van der Waals surface area contributed by atoms with Gasteiger partial charge in [0.2, 0.25) is 11.8 Å². The van der Waals surface area contributed by atoms with E-state index in [9.17, 15) is 9.59 Å². The lowest BCUT2D eigenvalue weighted by atomic mass is 10.2. The fraction of sp³-hybridized carbons (Fsp3) is 0.333. The fourth-order valence-corrected chi connectivity index (χ4v) is 3.61. The monoisotopic (exact) mass is 371 g/mol. The molecule has 0 aliphatic heterocycles. The summed E-state index contributed by atoms with van der Waals surface area (Å²) in [6.45, 7) is 0. The number of fused-ring (bicyclic) bond motifs is 1. The molecule has 134 valence electrons. The van der Waals surface area contributed by atoms with Crippen molar-refractivity contribution in [1.29, 1.82) is 0 Å². The highest BCUT2D eigenvalue weighted by Crippen LogP contribution is 2.38. The third-order valence-corrected chi connectivity index (χ3v) is 5.34. The molecule has 1 aliphatic rings. The highest BCUT2D eigenvalue weighted by atomic mass is 32.1. The van der Waals surface area contributed by atoms with E-state index < -0.39 is 5.97 Å². The Morgan fingerprint density at radius 2 is 2.15 bits per heavy atom. The first-order chi connectivity index (χ1) is 12.6. The van der Waals surface area contributed by atoms with Gasteiger partial charge in [0, 0.05) is 29.1 Å². The van der Waals surface area contributed by atoms with E-state index in [0.717, 1.165) is 28.8 Å². The van der Waals surface area contributed by atoms with Crippen molar-refractivity contribution >= 4 is 39.0 Å². The number of hydrogen-bond donors (Lipinski definition) is 2. The van der Waals surface area contributed by atoms with Gasteiger partial charge in [0.1, 0.15) is 4.88 Å². The van der Waals surface area contributed by atoms with Gasteiger partial charge >= 0.3 is 5.97 Å². The van der Waals surface area contributed by atoms with Crippen molar-refractivity contribution in [3.8, 4) is 0 Å². The van der Waals surface area contributed by atoms with E-state index in [0.29, 0.717) is 36.8 Å². The fourth-order valence-electron chi connectivity index (χ4n) is 2.73. The molecule has 1 aliphatic carbocycles. The lowest BCUT2D eigenvalue weighted by Crippen LogP contribution is -2.11. The molecular weight excluding hydrogens is 354 g/mol. The summed E-state index contributed by atoms with van der Waals surface area (Å²) in [5.74, 6) is 0.793. The molecule has 0 unspecified atom stereocenters. The minimum atomic E-state index is -0.942. The Hall–Kier alpha value is -2.74. The van der Waals surface area contributed by atoms with Crippen molar-refractivity contribution in [2.24, 2.45) is 0 Å². The van der Waals surface area contributed by atoms with E-state index in [1.54, 1.807) is 18.2 Å². The quantitative estimate of drug-likeness (QED) is 0.654. The van der Waals surface area contributed by atoms with Gasteiger partial charge in [-0.2, -0.15) is 4.98 Å². The molecule has 0 radical (unpaired) electrons. The summed E-state index contributed by atoms with van der Waals surface area (Å²) in [7, 11) is 0. The van der Waals surface area contributed by atoms with Crippen LogP contribution in [0.15, 0.2) is 28.8 Å². The maximum Gasteiger partial charge on any atom is 0.345 e. The number of carboxylic acids is 1. The number of nitrogens with one attached hydrogen (secondary N) is 1. The first-order valence-corrected chi connectivity index (χ1v) is 9.29. The van der Waals surface area contributed by atoms with Gasteiger partial charge in [-0.25, -0.2) is 4.79 Å². The predicted molar refractivity (Wildman–Crippen MR) is 96.6 cm³/mol. The Kier molecular flexibility index (Phi) is 4.42. The van der Waals surface area contributed by atoms with Crippen LogP contribution in [0.4, 0.5) is 5.69 Å². The summed E-state index contributed by atoms with van der Waals surface area (Å²) in [5.41, 5.74) is 0.658. The summed E-state index contributed by atoms with van der Waals surface area (Å²) >= 11 is 1.22. The molecule has 0 spiro atoms. The number of amides is 1. The number of carbonyl (C=O) groups is 2. The third-order valence-electron chi connectivity index (χ3n) is 4.23. The zero-order chi connectivity index (χ0) is 18.1. The van der Waals surface area contributed by atoms with Crippen LogP contribution in [-0.4, -0.2) is 27.1 Å². The van der Waals surface area contributed by atoms with Crippen molar-refractivity contribution in [2.45, 2.75) is 38.0 Å². The normalized spacial score (nSPS) is 13.8. The van der Waals surface area contributed by atoms with Crippen LogP contribution in [0.25, 0.3) is 10.1 Å². The van der Waals surface area contributed by atoms with E-state index >= 15 is 0 Å². The second-order valence-electron chi connectivity index (χ2n) is 6.39. The number of carbonyl (C=O) groups excluding carboxylic acids is 1. The second kappa shape index (κ2) is 6.87. The first kappa shape index (κ1) is 16.7. The van der Waals surface area contributed by atoms with Crippen LogP contribution < -0.4 is 5.32 Å². The summed E-state index contributed by atoms with van der Waals surface area (Å²) in [6.07, 6.45) is 3.82. The molecule has 3 aromatic rings. The summed E-state index contributed by atoms with van der Waals surface area (Å²) in [6, 6.07) is 7.00. The minimum absolute atomic E-state index is 0.0973. The number of carboxylic acid groups (broad SMARTS) is 1. The van der Waals surface area contributed by atoms with Crippen LogP contribution in [0, 0.1) is 0 Å². The van der Waals surface area contributed by atoms with Crippen molar-refractivity contribution in [3.05, 3.63) is 40.9 Å². The summed E-state index contributed by atoms with van der Waals surface area (Å²) in [5, 5.41) is 16.7. The van der Waals surface area contributed by atoms with Crippen molar-refractivity contribution in [3.63, 3.8) is 0 Å². The number of benzene rings is 1. The molecule has 1 amide bonds. The average molecular weight is 371 g/mol. The topological polar surface area (TPSA) is 105 Å². The van der Waals surface area contributed by atoms with Gasteiger partial charge in [-0.3, -0.25) is 4.79 Å². The van der Waals surface area contributed by atoms with Gasteiger partial charge in [0.25, 0.3) is 0 Å². The molecule has 2 aromatic heterocycles. The molecule has 7 nitrogen and oxygen atoms in total. The number of anilines is 1. The first-order valence-electron chi connectivity index (χ1n) is 8.48. The zero-order valence-electron chi connectivity index (χ0n) is 13.9. The maximum atomic E-state index is 12.1. The number of thiophene rings is 1. The van der Waals surface area contributed by atoms with Crippen LogP contribution in [0.5, 0.6) is 0 Å². The van der Waals surface area contributed by atoms with E-state index in [-0.39, 0.29) is 10.8 Å². The van der Waals surface area contributed by atoms with Crippen molar-refractivity contribution in [2.75, 3.05) is 5.32 Å². The molecule has 1 saturated carbocycles. The Bertz CT molecular complexity index is 974. The Morgan fingerprint density at radius 1 is 1.31 bits per heavy atom. The molecule has 1 aromatic carbocycles. The molecule has 26 heavy (non-hydrogen) atoms. The molecule has 4 rings (SSSR count). The number of aromatic nitrogens is 2. The number of aryl methyl sites for hydroxylation is 1. The SMILES string of the molecule is O=C(CCCc1nc(C2CC2)no1)Nc1ccc2sc(C(=O)O)cc2c1. The smallest absolute Gasteiger partial charge is 0.345 e. The highest BCUT2D eigenvalue weighted by Gasteiger charge is 2.28. The predicted octanol–water partition coefficient (Wildman–Crippen LogP) is 3.82. The molecule has 1 fully saturated rings. The lowest BCUT2D eigenvalue weighted by Gasteiger charge is -2.04. The van der Waals surface area contributed by atoms with Crippen LogP contribution >= 0.6 is 11.3 Å². The van der Waals surface area contributed by atoms with E-state index in [1.165, 1.54) is 11.3 Å². The number of rotatable bonds is 7. The van der Waals surface area contributed by atoms with Crippen molar-refractivity contribution in [1.82, 2.24) is 10.1 Å². The van der Waals surface area contributed by atoms with Crippen LogP contribution in [-0.2, 0) is 11.2 Å². The summed E-state index contributed by atoms with van der Waals surface area (Å²) < 4.78 is 6.07. The van der Waals surface area contributed by atoms with Gasteiger partial charge in [0.15, 0.2) is 5.82 Å². The number of nitrogens with zero attached hydrogens (tertiary/aromatic N) is 2. The van der Waals surface area contributed by atoms with E-state index in [2.05, 4.69) is 15.5 Å². The van der Waals surface area contributed by atoms with Crippen LogP contribution in [0.3, 0.4) is 0 Å². The zero-order valence-corrected chi connectivity index (χ0v) is 14.7. The number of aromatic carboxylic acids is 1. The van der Waals surface area contributed by atoms with E-state index in [1.807, 2.05) is 6.07 Å². The Balaban J connectivity index is 1.30.